The fraction of sp³-hybridized carbons (Fsp3) is 0. The highest BCUT2D eigenvalue weighted by atomic mass is 79.9. The van der Waals surface area contributed by atoms with Gasteiger partial charge in [-0.25, -0.2) is 8.42 Å². The molecule has 0 atom stereocenters. The third-order valence-corrected chi connectivity index (χ3v) is 8.80. The molecule has 0 spiro atoms. The van der Waals surface area contributed by atoms with Gasteiger partial charge >= 0.3 is 0 Å². The zero-order valence-corrected chi connectivity index (χ0v) is 19.3. The molecule has 3 heterocycles. The zero-order valence-electron chi connectivity index (χ0n) is 16.1. The second-order valence-electron chi connectivity index (χ2n) is 7.14. The zero-order chi connectivity index (χ0) is 22.0. The van der Waals surface area contributed by atoms with Crippen LogP contribution in [0.5, 0.6) is 0 Å². The van der Waals surface area contributed by atoms with Gasteiger partial charge in [0.05, 0.1) is 9.79 Å². The first-order chi connectivity index (χ1) is 15.4. The van der Waals surface area contributed by atoms with Crippen LogP contribution >= 0.6 is 27.3 Å². The Kier molecular flexibility index (Phi) is 4.19. The molecular formula is C22H11BrN4O3S2. The molecule has 1 aliphatic rings. The molecular weight excluding hydrogens is 512 g/mol. The number of nitrogens with zero attached hydrogens (tertiary/aromatic N) is 4. The number of fused-ring (bicyclic) bond motifs is 3. The molecule has 0 saturated heterocycles. The minimum Gasteiger partial charge on any atom is -0.289 e. The van der Waals surface area contributed by atoms with E-state index >= 15 is 0 Å². The van der Waals surface area contributed by atoms with E-state index in [9.17, 15) is 13.2 Å². The fourth-order valence-corrected chi connectivity index (χ4v) is 6.70. The van der Waals surface area contributed by atoms with Gasteiger partial charge in [-0.05, 0) is 36.4 Å². The molecule has 7 nitrogen and oxygen atoms in total. The molecule has 5 aromatic rings. The van der Waals surface area contributed by atoms with Crippen LogP contribution in [0.2, 0.25) is 0 Å². The Balaban J connectivity index is 1.50. The Hall–Kier alpha value is -3.21. The van der Waals surface area contributed by atoms with Crippen molar-refractivity contribution in [3.8, 4) is 22.0 Å². The molecule has 2 aromatic heterocycles. The number of benzene rings is 3. The maximum Gasteiger partial charge on any atom is 0.235 e. The lowest BCUT2D eigenvalue weighted by molar-refractivity contribution is 0.103. The van der Waals surface area contributed by atoms with E-state index in [4.69, 9.17) is 0 Å². The van der Waals surface area contributed by atoms with E-state index < -0.39 is 9.84 Å². The maximum atomic E-state index is 13.1. The smallest absolute Gasteiger partial charge is 0.235 e. The van der Waals surface area contributed by atoms with E-state index in [1.165, 1.54) is 29.5 Å². The summed E-state index contributed by atoms with van der Waals surface area (Å²) in [4.78, 5) is 13.7. The van der Waals surface area contributed by atoms with Crippen LogP contribution in [0.1, 0.15) is 15.9 Å². The van der Waals surface area contributed by atoms with Gasteiger partial charge in [-0.15, -0.1) is 10.2 Å². The summed E-state index contributed by atoms with van der Waals surface area (Å²) in [5, 5.41) is 13.7. The molecule has 3 aromatic carbocycles. The number of ketones is 1. The van der Waals surface area contributed by atoms with Crippen LogP contribution in [0.15, 0.2) is 81.0 Å². The number of hydrogen-bond donors (Lipinski definition) is 0. The second-order valence-corrected chi connectivity index (χ2v) is 10.8. The minimum atomic E-state index is -3.77. The average Bonchev–Trinajstić information content (AvgIpc) is 3.39. The molecule has 0 bridgehead atoms. The van der Waals surface area contributed by atoms with Gasteiger partial charge in [-0.2, -0.15) is 9.61 Å². The highest BCUT2D eigenvalue weighted by molar-refractivity contribution is 9.10. The van der Waals surface area contributed by atoms with E-state index in [-0.39, 0.29) is 26.7 Å². The number of carbonyl (C=O) groups excluding carboxylic acids is 1. The summed E-state index contributed by atoms with van der Waals surface area (Å²) in [5.41, 5.74) is 1.82. The molecule has 10 heteroatoms. The van der Waals surface area contributed by atoms with Crippen LogP contribution in [0.25, 0.3) is 26.9 Å². The van der Waals surface area contributed by atoms with Gasteiger partial charge in [0.25, 0.3) is 0 Å². The first-order valence-electron chi connectivity index (χ1n) is 9.45. The SMILES string of the molecule is O=C1c2ccccc2S(=O)(=O)c2ccc(-c3nn4c(-c5ccccc5Br)nnc4s3)cc21. The van der Waals surface area contributed by atoms with Gasteiger partial charge in [-0.3, -0.25) is 4.79 Å². The number of halogens is 1. The third kappa shape index (κ3) is 2.73. The monoisotopic (exact) mass is 522 g/mol. The first kappa shape index (κ1) is 19.5. The van der Waals surface area contributed by atoms with Crippen LogP contribution < -0.4 is 0 Å². The molecule has 1 aliphatic heterocycles. The standard InChI is InChI=1S/C22H11BrN4O3S2/c23-16-7-3-1-5-13(16)20-24-25-22-27(20)26-21(31-22)12-9-10-18-15(11-12)19(28)14-6-2-4-8-17(14)32(18,29)30/h1-11H. The Morgan fingerprint density at radius 3 is 2.38 bits per heavy atom. The van der Waals surface area contributed by atoms with Crippen molar-refractivity contribution < 1.29 is 13.2 Å². The number of aromatic nitrogens is 4. The molecule has 0 amide bonds. The predicted molar refractivity (Wildman–Crippen MR) is 123 cm³/mol. The molecule has 0 radical (unpaired) electrons. The van der Waals surface area contributed by atoms with Gasteiger partial charge < -0.3 is 0 Å². The Morgan fingerprint density at radius 2 is 1.56 bits per heavy atom. The predicted octanol–water partition coefficient (Wildman–Crippen LogP) is 4.66. The summed E-state index contributed by atoms with van der Waals surface area (Å²) in [6.45, 7) is 0. The van der Waals surface area contributed by atoms with E-state index in [1.807, 2.05) is 24.3 Å². The quantitative estimate of drug-likeness (QED) is 0.328. The summed E-state index contributed by atoms with van der Waals surface area (Å²) in [7, 11) is -3.77. The lowest BCUT2D eigenvalue weighted by atomic mass is 10.0. The van der Waals surface area contributed by atoms with Crippen LogP contribution in [-0.4, -0.2) is 34.0 Å². The number of hydrogen-bond acceptors (Lipinski definition) is 7. The van der Waals surface area contributed by atoms with E-state index in [0.29, 0.717) is 21.4 Å². The summed E-state index contributed by atoms with van der Waals surface area (Å²) < 4.78 is 28.6. The number of carbonyl (C=O) groups is 1. The van der Waals surface area contributed by atoms with E-state index in [2.05, 4.69) is 31.2 Å². The molecule has 156 valence electrons. The first-order valence-corrected chi connectivity index (χ1v) is 12.5. The third-order valence-electron chi connectivity index (χ3n) is 5.29. The molecule has 0 aliphatic carbocycles. The van der Waals surface area contributed by atoms with Crippen molar-refractivity contribution in [3.63, 3.8) is 0 Å². The van der Waals surface area contributed by atoms with Crippen LogP contribution in [0, 0.1) is 0 Å². The van der Waals surface area contributed by atoms with Crippen molar-refractivity contribution in [2.24, 2.45) is 0 Å². The largest absolute Gasteiger partial charge is 0.289 e. The Labute approximate surface area is 194 Å². The summed E-state index contributed by atoms with van der Waals surface area (Å²) >= 11 is 4.84. The molecule has 6 rings (SSSR count). The molecule has 0 saturated carbocycles. The molecule has 0 fully saturated rings. The highest BCUT2D eigenvalue weighted by Crippen LogP contribution is 2.37. The molecule has 32 heavy (non-hydrogen) atoms. The highest BCUT2D eigenvalue weighted by Gasteiger charge is 2.34. The lowest BCUT2D eigenvalue weighted by Crippen LogP contribution is -2.20. The van der Waals surface area contributed by atoms with Gasteiger partial charge in [0.2, 0.25) is 14.8 Å². The average molecular weight is 523 g/mol. The normalized spacial score (nSPS) is 14.3. The van der Waals surface area contributed by atoms with Crippen molar-refractivity contribution in [1.82, 2.24) is 19.8 Å². The molecule has 0 N–H and O–H groups in total. The van der Waals surface area contributed by atoms with Crippen molar-refractivity contribution in [1.29, 1.82) is 0 Å². The van der Waals surface area contributed by atoms with E-state index in [0.717, 1.165) is 10.0 Å². The lowest BCUT2D eigenvalue weighted by Gasteiger charge is -2.19. The number of rotatable bonds is 2. The summed E-state index contributed by atoms with van der Waals surface area (Å²) in [6.07, 6.45) is 0. The van der Waals surface area contributed by atoms with Crippen LogP contribution in [-0.2, 0) is 9.84 Å². The van der Waals surface area contributed by atoms with Gasteiger partial charge in [0.1, 0.15) is 5.01 Å². The topological polar surface area (TPSA) is 94.3 Å². The maximum absolute atomic E-state index is 13.1. The van der Waals surface area contributed by atoms with Crippen LogP contribution in [0.3, 0.4) is 0 Å². The molecule has 0 unspecified atom stereocenters. The fourth-order valence-electron chi connectivity index (χ4n) is 3.77. The Bertz CT molecular complexity index is 1690. The van der Waals surface area contributed by atoms with E-state index in [1.54, 1.807) is 28.8 Å². The van der Waals surface area contributed by atoms with Crippen LogP contribution in [0.4, 0.5) is 0 Å². The number of sulfone groups is 1. The van der Waals surface area contributed by atoms with Gasteiger partial charge in [0, 0.05) is 26.7 Å². The minimum absolute atomic E-state index is 0.0156. The van der Waals surface area contributed by atoms with Crippen molar-refractivity contribution in [2.45, 2.75) is 9.79 Å². The Morgan fingerprint density at radius 1 is 0.844 bits per heavy atom. The van der Waals surface area contributed by atoms with Crippen molar-refractivity contribution in [2.75, 3.05) is 0 Å². The van der Waals surface area contributed by atoms with Crippen molar-refractivity contribution in [3.05, 3.63) is 82.3 Å². The second kappa shape index (κ2) is 6.89. The van der Waals surface area contributed by atoms with Gasteiger partial charge in [0.15, 0.2) is 11.6 Å². The van der Waals surface area contributed by atoms with Gasteiger partial charge in [-0.1, -0.05) is 57.6 Å². The van der Waals surface area contributed by atoms with Crippen molar-refractivity contribution >= 4 is 47.8 Å². The summed E-state index contributed by atoms with van der Waals surface area (Å²) in [5.74, 6) is 0.268. The summed E-state index contributed by atoms with van der Waals surface area (Å²) in [6, 6.07) is 18.7.